The second-order valence-electron chi connectivity index (χ2n) is 8.44. The second kappa shape index (κ2) is 10.4. The van der Waals surface area contributed by atoms with Gasteiger partial charge < -0.3 is 29.2 Å². The summed E-state index contributed by atoms with van der Waals surface area (Å²) in [5.74, 6) is 0.612. The Morgan fingerprint density at radius 2 is 1.89 bits per heavy atom. The minimum absolute atomic E-state index is 0.133. The standard InChI is InChI=1S/C27H24N4O6/c1-17-5-4-6-19(11-17)35-15-25(33)28-13-24(32)29-30-26-20-7-2-3-8-21(20)31(27(26)34)14-18-9-10-22-23(12-18)37-16-36-22/h2-12,34H,13-16H2,1H3,(H,28,33). The third kappa shape index (κ3) is 5.37. The zero-order chi connectivity index (χ0) is 25.8. The predicted octanol–water partition coefficient (Wildman–Crippen LogP) is 4.24. The SMILES string of the molecule is Cc1cccc(OCC(=O)NCC(=O)N=Nc2c(O)n(Cc3ccc4c(c3)OCO4)c3ccccc23)c1. The van der Waals surface area contributed by atoms with Gasteiger partial charge in [-0.3, -0.25) is 9.59 Å². The second-order valence-corrected chi connectivity index (χ2v) is 8.44. The third-order valence-corrected chi connectivity index (χ3v) is 5.75. The fraction of sp³-hybridized carbons (Fsp3) is 0.185. The van der Waals surface area contributed by atoms with E-state index in [1.807, 2.05) is 61.5 Å². The fourth-order valence-electron chi connectivity index (χ4n) is 3.97. The first-order chi connectivity index (χ1) is 18.0. The van der Waals surface area contributed by atoms with Crippen LogP contribution in [0.1, 0.15) is 11.1 Å². The molecule has 37 heavy (non-hydrogen) atoms. The van der Waals surface area contributed by atoms with Crippen LogP contribution in [0, 0.1) is 6.92 Å². The molecule has 0 spiro atoms. The zero-order valence-corrected chi connectivity index (χ0v) is 20.0. The number of benzene rings is 3. The molecule has 3 aromatic carbocycles. The molecule has 0 saturated carbocycles. The number of nitrogens with zero attached hydrogens (tertiary/aromatic N) is 3. The maximum Gasteiger partial charge on any atom is 0.283 e. The van der Waals surface area contributed by atoms with Gasteiger partial charge in [0.1, 0.15) is 12.3 Å². The molecule has 0 radical (unpaired) electrons. The highest BCUT2D eigenvalue weighted by Crippen LogP contribution is 2.40. The summed E-state index contributed by atoms with van der Waals surface area (Å²) in [6.07, 6.45) is 0. The lowest BCUT2D eigenvalue weighted by Gasteiger charge is -2.08. The Balaban J connectivity index is 1.25. The largest absolute Gasteiger partial charge is 0.493 e. The highest BCUT2D eigenvalue weighted by Gasteiger charge is 2.19. The van der Waals surface area contributed by atoms with E-state index in [9.17, 15) is 14.7 Å². The van der Waals surface area contributed by atoms with Crippen LogP contribution in [0.15, 0.2) is 77.0 Å². The molecule has 0 atom stereocenters. The predicted molar refractivity (Wildman–Crippen MR) is 134 cm³/mol. The van der Waals surface area contributed by atoms with E-state index in [1.54, 1.807) is 16.7 Å². The van der Waals surface area contributed by atoms with Crippen molar-refractivity contribution in [3.8, 4) is 23.1 Å². The number of ether oxygens (including phenoxy) is 3. The molecule has 1 aliphatic heterocycles. The van der Waals surface area contributed by atoms with Crippen LogP contribution in [0.25, 0.3) is 10.9 Å². The van der Waals surface area contributed by atoms with Crippen molar-refractivity contribution in [1.29, 1.82) is 0 Å². The molecule has 2 N–H and O–H groups in total. The van der Waals surface area contributed by atoms with Gasteiger partial charge in [0.2, 0.25) is 12.7 Å². The summed E-state index contributed by atoms with van der Waals surface area (Å²) >= 11 is 0. The van der Waals surface area contributed by atoms with Crippen LogP contribution < -0.4 is 19.5 Å². The smallest absolute Gasteiger partial charge is 0.283 e. The molecule has 4 aromatic rings. The van der Waals surface area contributed by atoms with E-state index in [-0.39, 0.29) is 31.5 Å². The van der Waals surface area contributed by atoms with Crippen LogP contribution in [0.4, 0.5) is 5.69 Å². The van der Waals surface area contributed by atoms with Gasteiger partial charge in [0, 0.05) is 5.39 Å². The van der Waals surface area contributed by atoms with E-state index >= 15 is 0 Å². The molecule has 0 fully saturated rings. The molecule has 5 rings (SSSR count). The van der Waals surface area contributed by atoms with Gasteiger partial charge in [0.25, 0.3) is 11.8 Å². The van der Waals surface area contributed by atoms with E-state index in [0.29, 0.717) is 29.2 Å². The van der Waals surface area contributed by atoms with Gasteiger partial charge in [-0.05, 0) is 48.4 Å². The average molecular weight is 501 g/mol. The van der Waals surface area contributed by atoms with Crippen LogP contribution in [0.2, 0.25) is 0 Å². The summed E-state index contributed by atoms with van der Waals surface area (Å²) in [6.45, 7) is 1.85. The quantitative estimate of drug-likeness (QED) is 0.349. The summed E-state index contributed by atoms with van der Waals surface area (Å²) in [6, 6.07) is 20.1. The molecule has 1 aromatic heterocycles. The van der Waals surface area contributed by atoms with Crippen molar-refractivity contribution in [3.05, 3.63) is 77.9 Å². The van der Waals surface area contributed by atoms with E-state index in [2.05, 4.69) is 15.5 Å². The summed E-state index contributed by atoms with van der Waals surface area (Å²) < 4.78 is 17.9. The first-order valence-corrected chi connectivity index (χ1v) is 11.6. The average Bonchev–Trinajstić information content (AvgIpc) is 3.47. The minimum atomic E-state index is -0.670. The van der Waals surface area contributed by atoms with Crippen LogP contribution in [0.5, 0.6) is 23.1 Å². The monoisotopic (exact) mass is 500 g/mol. The molecule has 10 heteroatoms. The normalized spacial score (nSPS) is 12.2. The molecule has 0 aliphatic carbocycles. The highest BCUT2D eigenvalue weighted by atomic mass is 16.7. The van der Waals surface area contributed by atoms with E-state index in [4.69, 9.17) is 14.2 Å². The van der Waals surface area contributed by atoms with Crippen molar-refractivity contribution in [2.24, 2.45) is 10.2 Å². The molecule has 1 aliphatic rings. The summed E-state index contributed by atoms with van der Waals surface area (Å²) in [5, 5.41) is 21.7. The van der Waals surface area contributed by atoms with Gasteiger partial charge in [-0.25, -0.2) is 0 Å². The number of amides is 2. The minimum Gasteiger partial charge on any atom is -0.493 e. The summed E-state index contributed by atoms with van der Waals surface area (Å²) in [5.41, 5.74) is 2.78. The van der Waals surface area contributed by atoms with Gasteiger partial charge >= 0.3 is 0 Å². The number of para-hydroxylation sites is 1. The molecule has 0 unspecified atom stereocenters. The van der Waals surface area contributed by atoms with Crippen molar-refractivity contribution in [2.45, 2.75) is 13.5 Å². The fourth-order valence-corrected chi connectivity index (χ4v) is 3.97. The maximum absolute atomic E-state index is 12.3. The summed E-state index contributed by atoms with van der Waals surface area (Å²) in [7, 11) is 0. The van der Waals surface area contributed by atoms with Gasteiger partial charge in [-0.1, -0.05) is 36.4 Å². The lowest BCUT2D eigenvalue weighted by Crippen LogP contribution is -2.32. The summed E-state index contributed by atoms with van der Waals surface area (Å²) in [4.78, 5) is 24.3. The van der Waals surface area contributed by atoms with Crippen LogP contribution in [0.3, 0.4) is 0 Å². The number of aryl methyl sites for hydroxylation is 1. The molecule has 2 heterocycles. The molecule has 2 amide bonds. The molecular formula is C27H24N4O6. The van der Waals surface area contributed by atoms with Crippen LogP contribution in [-0.4, -0.2) is 41.4 Å². The zero-order valence-electron chi connectivity index (χ0n) is 20.0. The third-order valence-electron chi connectivity index (χ3n) is 5.75. The van der Waals surface area contributed by atoms with Crippen molar-refractivity contribution in [1.82, 2.24) is 9.88 Å². The Hall–Kier alpha value is -4.86. The number of hydrogen-bond acceptors (Lipinski definition) is 7. The first-order valence-electron chi connectivity index (χ1n) is 11.6. The van der Waals surface area contributed by atoms with Gasteiger partial charge in [0.05, 0.1) is 12.1 Å². The Kier molecular flexibility index (Phi) is 6.71. The van der Waals surface area contributed by atoms with E-state index in [0.717, 1.165) is 16.6 Å². The number of hydrogen-bond donors (Lipinski definition) is 2. The van der Waals surface area contributed by atoms with Gasteiger partial charge in [0.15, 0.2) is 23.8 Å². The number of azo groups is 1. The first kappa shape index (κ1) is 23.9. The van der Waals surface area contributed by atoms with Crippen LogP contribution in [-0.2, 0) is 16.1 Å². The molecular weight excluding hydrogens is 476 g/mol. The van der Waals surface area contributed by atoms with Gasteiger partial charge in [-0.2, -0.15) is 0 Å². The number of carbonyl (C=O) groups excluding carboxylic acids is 2. The van der Waals surface area contributed by atoms with Crippen LogP contribution >= 0.6 is 0 Å². The molecule has 10 nitrogen and oxygen atoms in total. The number of aromatic hydroxyl groups is 1. The van der Waals surface area contributed by atoms with Gasteiger partial charge in [-0.15, -0.1) is 10.2 Å². The van der Waals surface area contributed by atoms with Crippen molar-refractivity contribution in [3.63, 3.8) is 0 Å². The Labute approximate surface area is 212 Å². The Morgan fingerprint density at radius 1 is 1.05 bits per heavy atom. The number of carbonyl (C=O) groups is 2. The molecule has 0 saturated heterocycles. The van der Waals surface area contributed by atoms with Crippen molar-refractivity contribution in [2.75, 3.05) is 19.9 Å². The number of rotatable bonds is 8. The topological polar surface area (TPSA) is 124 Å². The Morgan fingerprint density at radius 3 is 2.76 bits per heavy atom. The number of nitrogens with one attached hydrogen (secondary N) is 1. The van der Waals surface area contributed by atoms with Crippen molar-refractivity contribution < 1.29 is 28.9 Å². The molecule has 0 bridgehead atoms. The highest BCUT2D eigenvalue weighted by molar-refractivity contribution is 5.95. The Bertz CT molecular complexity index is 1510. The maximum atomic E-state index is 12.3. The number of fused-ring (bicyclic) bond motifs is 2. The van der Waals surface area contributed by atoms with E-state index in [1.165, 1.54) is 0 Å². The lowest BCUT2D eigenvalue weighted by molar-refractivity contribution is -0.126. The molecule has 188 valence electrons. The number of aromatic nitrogens is 1. The van der Waals surface area contributed by atoms with Crippen molar-refractivity contribution >= 4 is 28.4 Å². The lowest BCUT2D eigenvalue weighted by atomic mass is 10.2. The van der Waals surface area contributed by atoms with E-state index < -0.39 is 11.8 Å².